The summed E-state index contributed by atoms with van der Waals surface area (Å²) in [6.07, 6.45) is 1.34. The Bertz CT molecular complexity index is 701. The molecule has 6 heteroatoms. The van der Waals surface area contributed by atoms with Gasteiger partial charge >= 0.3 is 12.1 Å². The zero-order valence-corrected chi connectivity index (χ0v) is 16.6. The molecule has 146 valence electrons. The van der Waals surface area contributed by atoms with Crippen LogP contribution in [0.5, 0.6) is 0 Å². The number of amides is 3. The maximum atomic E-state index is 12.4. The van der Waals surface area contributed by atoms with Crippen molar-refractivity contribution in [2.75, 3.05) is 26.7 Å². The molecule has 1 aliphatic heterocycles. The minimum atomic E-state index is -0.533. The van der Waals surface area contributed by atoms with Gasteiger partial charge in [-0.2, -0.15) is 0 Å². The van der Waals surface area contributed by atoms with Gasteiger partial charge in [0.1, 0.15) is 5.60 Å². The molecule has 1 aromatic rings. The number of benzene rings is 1. The highest BCUT2D eigenvalue weighted by molar-refractivity contribution is 5.75. The fraction of sp³-hybridized carbons (Fsp3) is 0.524. The monoisotopic (exact) mass is 371 g/mol. The van der Waals surface area contributed by atoms with E-state index in [1.165, 1.54) is 0 Å². The van der Waals surface area contributed by atoms with E-state index in [2.05, 4.69) is 17.2 Å². The first-order chi connectivity index (χ1) is 12.8. The molecule has 2 rings (SSSR count). The number of nitrogens with one attached hydrogen (secondary N) is 1. The van der Waals surface area contributed by atoms with Gasteiger partial charge in [0.15, 0.2) is 0 Å². The molecule has 1 heterocycles. The lowest BCUT2D eigenvalue weighted by molar-refractivity contribution is 0.0155. The van der Waals surface area contributed by atoms with Crippen molar-refractivity contribution in [2.24, 2.45) is 0 Å². The summed E-state index contributed by atoms with van der Waals surface area (Å²) in [7, 11) is 1.73. The molecule has 0 saturated carbocycles. The molecule has 3 amide bonds. The summed E-state index contributed by atoms with van der Waals surface area (Å²) in [6, 6.07) is 9.45. The number of ether oxygens (including phenoxy) is 1. The van der Waals surface area contributed by atoms with Crippen LogP contribution in [0.3, 0.4) is 0 Å². The zero-order valence-electron chi connectivity index (χ0n) is 16.6. The Morgan fingerprint density at radius 3 is 2.67 bits per heavy atom. The first-order valence-corrected chi connectivity index (χ1v) is 9.29. The lowest BCUT2D eigenvalue weighted by Crippen LogP contribution is -2.53. The van der Waals surface area contributed by atoms with Gasteiger partial charge in [0.25, 0.3) is 0 Å². The van der Waals surface area contributed by atoms with E-state index < -0.39 is 5.60 Å². The number of urea groups is 1. The Morgan fingerprint density at radius 2 is 2.00 bits per heavy atom. The van der Waals surface area contributed by atoms with Crippen molar-refractivity contribution in [2.45, 2.75) is 45.3 Å². The quantitative estimate of drug-likeness (QED) is 0.813. The van der Waals surface area contributed by atoms with Gasteiger partial charge in [-0.25, -0.2) is 9.59 Å². The van der Waals surface area contributed by atoms with Gasteiger partial charge in [0, 0.05) is 25.7 Å². The number of carbonyl (C=O) groups excluding carboxylic acids is 2. The number of rotatable bonds is 2. The molecule has 27 heavy (non-hydrogen) atoms. The van der Waals surface area contributed by atoms with Crippen LogP contribution in [0.1, 0.15) is 39.2 Å². The summed E-state index contributed by atoms with van der Waals surface area (Å²) in [5.41, 5.74) is 0.387. The number of hydrogen-bond acceptors (Lipinski definition) is 3. The van der Waals surface area contributed by atoms with Gasteiger partial charge in [-0.15, -0.1) is 0 Å². The first kappa shape index (κ1) is 20.6. The Kier molecular flexibility index (Phi) is 7.12. The van der Waals surface area contributed by atoms with Gasteiger partial charge in [0.2, 0.25) is 0 Å². The SMILES string of the molecule is CN(C(=O)OC(C)(C)C)[C@H]1CCCN(C(=O)NCC#Cc2ccccc2)C1. The summed E-state index contributed by atoms with van der Waals surface area (Å²) in [6.45, 7) is 6.99. The van der Waals surface area contributed by atoms with Gasteiger partial charge in [-0.3, -0.25) is 0 Å². The molecule has 1 N–H and O–H groups in total. The standard InChI is InChI=1S/C21H29N3O3/c1-21(2,3)27-20(26)23(4)18-13-9-15-24(16-18)19(25)22-14-8-12-17-10-6-5-7-11-17/h5-7,10-11,18H,9,13-16H2,1-4H3,(H,22,25)/t18-/m0/s1. The highest BCUT2D eigenvalue weighted by atomic mass is 16.6. The molecule has 0 aromatic heterocycles. The summed E-state index contributed by atoms with van der Waals surface area (Å²) in [5, 5.41) is 2.83. The van der Waals surface area contributed by atoms with Crippen LogP contribution >= 0.6 is 0 Å². The maximum absolute atomic E-state index is 12.4. The van der Waals surface area contributed by atoms with Crippen molar-refractivity contribution >= 4 is 12.1 Å². The molecule has 1 fully saturated rings. The fourth-order valence-corrected chi connectivity index (χ4v) is 2.84. The smallest absolute Gasteiger partial charge is 0.410 e. The average molecular weight is 371 g/mol. The van der Waals surface area contributed by atoms with Gasteiger partial charge in [-0.05, 0) is 45.7 Å². The normalized spacial score (nSPS) is 16.7. The number of nitrogens with zero attached hydrogens (tertiary/aromatic N) is 2. The van der Waals surface area contributed by atoms with Crippen LogP contribution in [0, 0.1) is 11.8 Å². The van der Waals surface area contributed by atoms with E-state index >= 15 is 0 Å². The summed E-state index contributed by atoms with van der Waals surface area (Å²) in [4.78, 5) is 28.0. The molecular formula is C21H29N3O3. The summed E-state index contributed by atoms with van der Waals surface area (Å²) in [5.74, 6) is 5.97. The number of hydrogen-bond donors (Lipinski definition) is 1. The second-order valence-electron chi connectivity index (χ2n) is 7.66. The second-order valence-corrected chi connectivity index (χ2v) is 7.66. The lowest BCUT2D eigenvalue weighted by Gasteiger charge is -2.37. The molecule has 1 atom stereocenters. The molecule has 1 aromatic carbocycles. The molecular weight excluding hydrogens is 342 g/mol. The van der Waals surface area contributed by atoms with Crippen LogP contribution < -0.4 is 5.32 Å². The molecule has 1 aliphatic rings. The zero-order chi connectivity index (χ0) is 19.9. The van der Waals surface area contributed by atoms with Crippen molar-refractivity contribution in [3.63, 3.8) is 0 Å². The topological polar surface area (TPSA) is 61.9 Å². The van der Waals surface area contributed by atoms with Crippen LogP contribution in [0.4, 0.5) is 9.59 Å². The van der Waals surface area contributed by atoms with E-state index in [9.17, 15) is 9.59 Å². The molecule has 0 radical (unpaired) electrons. The second kappa shape index (κ2) is 9.31. The predicted molar refractivity (Wildman–Crippen MR) is 105 cm³/mol. The molecule has 1 saturated heterocycles. The maximum Gasteiger partial charge on any atom is 0.410 e. The Balaban J connectivity index is 1.83. The Hall–Kier alpha value is -2.68. The Labute approximate surface area is 161 Å². The average Bonchev–Trinajstić information content (AvgIpc) is 2.64. The largest absolute Gasteiger partial charge is 0.444 e. The number of piperidine rings is 1. The summed E-state index contributed by atoms with van der Waals surface area (Å²) < 4.78 is 5.42. The van der Waals surface area contributed by atoms with Crippen molar-refractivity contribution < 1.29 is 14.3 Å². The lowest BCUT2D eigenvalue weighted by atomic mass is 10.1. The van der Waals surface area contributed by atoms with Crippen molar-refractivity contribution in [1.82, 2.24) is 15.1 Å². The third-order valence-electron chi connectivity index (χ3n) is 4.25. The van der Waals surface area contributed by atoms with E-state index in [0.29, 0.717) is 13.1 Å². The fourth-order valence-electron chi connectivity index (χ4n) is 2.84. The molecule has 0 bridgehead atoms. The molecule has 0 spiro atoms. The Morgan fingerprint density at radius 1 is 1.30 bits per heavy atom. The van der Waals surface area contributed by atoms with E-state index in [4.69, 9.17) is 4.74 Å². The van der Waals surface area contributed by atoms with E-state index in [-0.39, 0.29) is 24.7 Å². The van der Waals surface area contributed by atoms with Crippen LogP contribution in [0.25, 0.3) is 0 Å². The molecule has 6 nitrogen and oxygen atoms in total. The van der Waals surface area contributed by atoms with Gasteiger partial charge in [-0.1, -0.05) is 30.0 Å². The van der Waals surface area contributed by atoms with Gasteiger partial charge < -0.3 is 19.9 Å². The van der Waals surface area contributed by atoms with E-state index in [1.54, 1.807) is 16.8 Å². The highest BCUT2D eigenvalue weighted by Crippen LogP contribution is 2.18. The number of likely N-dealkylation sites (tertiary alicyclic amines) is 1. The van der Waals surface area contributed by atoms with E-state index in [0.717, 1.165) is 18.4 Å². The van der Waals surface area contributed by atoms with Gasteiger partial charge in [0.05, 0.1) is 12.6 Å². The third kappa shape index (κ3) is 6.86. The minimum Gasteiger partial charge on any atom is -0.444 e. The van der Waals surface area contributed by atoms with Crippen LogP contribution in [-0.4, -0.2) is 60.2 Å². The molecule has 0 unspecified atom stereocenters. The summed E-state index contributed by atoms with van der Waals surface area (Å²) >= 11 is 0. The van der Waals surface area contributed by atoms with Crippen molar-refractivity contribution in [3.8, 4) is 11.8 Å². The minimum absolute atomic E-state index is 0.0465. The first-order valence-electron chi connectivity index (χ1n) is 9.29. The number of carbonyl (C=O) groups is 2. The van der Waals surface area contributed by atoms with Crippen LogP contribution in [-0.2, 0) is 4.74 Å². The molecule has 0 aliphatic carbocycles. The number of likely N-dealkylation sites (N-methyl/N-ethyl adjacent to an activating group) is 1. The van der Waals surface area contributed by atoms with Crippen molar-refractivity contribution in [3.05, 3.63) is 35.9 Å². The highest BCUT2D eigenvalue weighted by Gasteiger charge is 2.30. The third-order valence-corrected chi connectivity index (χ3v) is 4.25. The predicted octanol–water partition coefficient (Wildman–Crippen LogP) is 3.08. The van der Waals surface area contributed by atoms with E-state index in [1.807, 2.05) is 51.1 Å². The van der Waals surface area contributed by atoms with Crippen molar-refractivity contribution in [1.29, 1.82) is 0 Å². The van der Waals surface area contributed by atoms with Crippen LogP contribution in [0.2, 0.25) is 0 Å². The van der Waals surface area contributed by atoms with Crippen LogP contribution in [0.15, 0.2) is 30.3 Å².